The number of hydrogen-bond acceptors (Lipinski definition) is 4. The van der Waals surface area contributed by atoms with Gasteiger partial charge in [0.25, 0.3) is 5.91 Å². The lowest BCUT2D eigenvalue weighted by Gasteiger charge is -2.13. The predicted molar refractivity (Wildman–Crippen MR) is 83.9 cm³/mol. The number of benzene rings is 1. The fourth-order valence-corrected chi connectivity index (χ4v) is 2.34. The maximum absolute atomic E-state index is 12.1. The molecule has 0 saturated carbocycles. The quantitative estimate of drug-likeness (QED) is 0.732. The van der Waals surface area contributed by atoms with Crippen molar-refractivity contribution in [1.29, 1.82) is 5.26 Å². The molecule has 0 unspecified atom stereocenters. The van der Waals surface area contributed by atoms with Crippen LogP contribution in [0.15, 0.2) is 36.4 Å². The number of H-pyrrole nitrogens is 1. The molecule has 0 atom stereocenters. The summed E-state index contributed by atoms with van der Waals surface area (Å²) < 4.78 is 0. The topological polar surface area (TPSA) is 118 Å². The first-order chi connectivity index (χ1) is 11.6. The van der Waals surface area contributed by atoms with Crippen molar-refractivity contribution in [3.8, 4) is 6.07 Å². The molecule has 120 valence electrons. The van der Waals surface area contributed by atoms with E-state index in [1.165, 1.54) is 12.1 Å². The Labute approximate surface area is 137 Å². The minimum absolute atomic E-state index is 0.00328. The molecule has 0 aliphatic carbocycles. The molecule has 24 heavy (non-hydrogen) atoms. The third-order valence-electron chi connectivity index (χ3n) is 3.51. The lowest BCUT2D eigenvalue weighted by Crippen LogP contribution is -2.30. The second-order valence-electron chi connectivity index (χ2n) is 5.19. The smallest absolute Gasteiger partial charge is 0.324 e. The van der Waals surface area contributed by atoms with Gasteiger partial charge in [-0.1, -0.05) is 12.1 Å². The zero-order valence-electron chi connectivity index (χ0n) is 12.5. The summed E-state index contributed by atoms with van der Waals surface area (Å²) in [6.45, 7) is 0.138. The number of nitriles is 1. The van der Waals surface area contributed by atoms with Crippen LogP contribution in [-0.4, -0.2) is 34.3 Å². The summed E-state index contributed by atoms with van der Waals surface area (Å²) in [7, 11) is 0. The van der Waals surface area contributed by atoms with Crippen molar-refractivity contribution in [3.05, 3.63) is 53.3 Å². The number of imide groups is 1. The van der Waals surface area contributed by atoms with Gasteiger partial charge in [0.05, 0.1) is 13.1 Å². The van der Waals surface area contributed by atoms with Crippen LogP contribution in [0.5, 0.6) is 0 Å². The van der Waals surface area contributed by atoms with Crippen LogP contribution in [0.3, 0.4) is 0 Å². The third kappa shape index (κ3) is 3.10. The largest absolute Gasteiger partial charge is 0.342 e. The van der Waals surface area contributed by atoms with E-state index in [0.717, 1.165) is 4.90 Å². The second kappa shape index (κ2) is 6.26. The van der Waals surface area contributed by atoms with Gasteiger partial charge >= 0.3 is 6.03 Å². The van der Waals surface area contributed by atoms with Gasteiger partial charge in [0.1, 0.15) is 17.5 Å². The van der Waals surface area contributed by atoms with Crippen LogP contribution in [0.1, 0.15) is 21.7 Å². The Bertz CT molecular complexity index is 849. The number of rotatable bonds is 4. The van der Waals surface area contributed by atoms with Crippen molar-refractivity contribution in [2.45, 2.75) is 6.54 Å². The number of nitrogens with zero attached hydrogens (tertiary/aromatic N) is 2. The molecule has 8 heteroatoms. The number of hydrogen-bond donors (Lipinski definition) is 3. The van der Waals surface area contributed by atoms with Crippen LogP contribution in [-0.2, 0) is 11.3 Å². The van der Waals surface area contributed by atoms with E-state index >= 15 is 0 Å². The monoisotopic (exact) mass is 323 g/mol. The van der Waals surface area contributed by atoms with Crippen LogP contribution >= 0.6 is 0 Å². The molecule has 3 N–H and O–H groups in total. The van der Waals surface area contributed by atoms with Gasteiger partial charge in [-0.25, -0.2) is 4.79 Å². The molecule has 1 aliphatic heterocycles. The van der Waals surface area contributed by atoms with Crippen LogP contribution in [0, 0.1) is 11.3 Å². The summed E-state index contributed by atoms with van der Waals surface area (Å²) in [5.41, 5.74) is 1.80. The lowest BCUT2D eigenvalue weighted by molar-refractivity contribution is -0.125. The summed E-state index contributed by atoms with van der Waals surface area (Å²) in [6, 6.07) is 11.4. The third-order valence-corrected chi connectivity index (χ3v) is 3.51. The Morgan fingerprint density at radius 3 is 2.79 bits per heavy atom. The highest BCUT2D eigenvalue weighted by Gasteiger charge is 2.28. The van der Waals surface area contributed by atoms with Gasteiger partial charge in [-0.3, -0.25) is 14.5 Å². The van der Waals surface area contributed by atoms with E-state index in [0.29, 0.717) is 16.9 Å². The van der Waals surface area contributed by atoms with Gasteiger partial charge in [0.15, 0.2) is 0 Å². The average Bonchev–Trinajstić information content (AvgIpc) is 3.17. The van der Waals surface area contributed by atoms with Crippen molar-refractivity contribution >= 4 is 23.5 Å². The molecule has 0 spiro atoms. The number of amides is 4. The molecule has 3 rings (SSSR count). The highest BCUT2D eigenvalue weighted by molar-refractivity contribution is 6.03. The first-order valence-electron chi connectivity index (χ1n) is 7.14. The Kier molecular flexibility index (Phi) is 3.99. The number of carbonyl (C=O) groups excluding carboxylic acids is 3. The number of carbonyl (C=O) groups is 3. The van der Waals surface area contributed by atoms with Crippen molar-refractivity contribution in [2.75, 3.05) is 11.9 Å². The maximum atomic E-state index is 12.1. The van der Waals surface area contributed by atoms with E-state index in [4.69, 9.17) is 5.26 Å². The van der Waals surface area contributed by atoms with Gasteiger partial charge in [-0.05, 0) is 29.8 Å². The van der Waals surface area contributed by atoms with Crippen molar-refractivity contribution in [2.24, 2.45) is 0 Å². The van der Waals surface area contributed by atoms with Crippen LogP contribution < -0.4 is 10.6 Å². The summed E-state index contributed by atoms with van der Waals surface area (Å²) in [5.74, 6) is -0.673. The first kappa shape index (κ1) is 15.3. The van der Waals surface area contributed by atoms with Crippen molar-refractivity contribution < 1.29 is 14.4 Å². The second-order valence-corrected chi connectivity index (χ2v) is 5.19. The van der Waals surface area contributed by atoms with E-state index in [-0.39, 0.29) is 30.6 Å². The number of aromatic amines is 1. The fraction of sp³-hybridized carbons (Fsp3) is 0.125. The highest BCUT2D eigenvalue weighted by Crippen LogP contribution is 2.15. The minimum atomic E-state index is -0.426. The molecule has 4 amide bonds. The molecule has 1 fully saturated rings. The molecule has 2 aromatic rings. The zero-order chi connectivity index (χ0) is 17.1. The van der Waals surface area contributed by atoms with Crippen LogP contribution in [0.4, 0.5) is 10.5 Å². The lowest BCUT2D eigenvalue weighted by atomic mass is 10.2. The predicted octanol–water partition coefficient (Wildman–Crippen LogP) is 1.19. The normalized spacial score (nSPS) is 13.5. The van der Waals surface area contributed by atoms with Crippen LogP contribution in [0.2, 0.25) is 0 Å². The summed E-state index contributed by atoms with van der Waals surface area (Å²) in [4.78, 5) is 39.1. The fourth-order valence-electron chi connectivity index (χ4n) is 2.34. The molecule has 0 bridgehead atoms. The molecule has 8 nitrogen and oxygen atoms in total. The van der Waals surface area contributed by atoms with Gasteiger partial charge in [-0.2, -0.15) is 5.26 Å². The standard InChI is InChI=1S/C16H13N5O3/c17-7-12-4-5-13(19-12)15(23)20-11-3-1-2-10(6-11)9-21-14(22)8-18-16(21)24/h1-6,19H,8-9H2,(H,18,24)(H,20,23). The highest BCUT2D eigenvalue weighted by atomic mass is 16.2. The number of urea groups is 1. The van der Waals surface area contributed by atoms with Crippen molar-refractivity contribution in [3.63, 3.8) is 0 Å². The molecule has 1 aromatic carbocycles. The minimum Gasteiger partial charge on any atom is -0.342 e. The van der Waals surface area contributed by atoms with E-state index in [9.17, 15) is 14.4 Å². The van der Waals surface area contributed by atoms with E-state index in [1.807, 2.05) is 6.07 Å². The maximum Gasteiger partial charge on any atom is 0.324 e. The molecule has 2 heterocycles. The van der Waals surface area contributed by atoms with E-state index in [1.54, 1.807) is 24.3 Å². The molecule has 1 aromatic heterocycles. The zero-order valence-corrected chi connectivity index (χ0v) is 12.5. The van der Waals surface area contributed by atoms with E-state index in [2.05, 4.69) is 15.6 Å². The molecular weight excluding hydrogens is 310 g/mol. The van der Waals surface area contributed by atoms with Crippen molar-refractivity contribution in [1.82, 2.24) is 15.2 Å². The Hall–Kier alpha value is -3.60. The van der Waals surface area contributed by atoms with Crippen LogP contribution in [0.25, 0.3) is 0 Å². The van der Waals surface area contributed by atoms with Gasteiger partial charge in [-0.15, -0.1) is 0 Å². The number of anilines is 1. The average molecular weight is 323 g/mol. The van der Waals surface area contributed by atoms with E-state index < -0.39 is 6.03 Å². The molecule has 1 saturated heterocycles. The first-order valence-corrected chi connectivity index (χ1v) is 7.14. The Morgan fingerprint density at radius 1 is 1.29 bits per heavy atom. The summed E-state index contributed by atoms with van der Waals surface area (Å²) in [6.07, 6.45) is 0. The molecule has 1 aliphatic rings. The summed E-state index contributed by atoms with van der Waals surface area (Å²) in [5, 5.41) is 13.9. The molecular formula is C16H13N5O3. The number of nitrogens with one attached hydrogen (secondary N) is 3. The SMILES string of the molecule is N#Cc1ccc(C(=O)Nc2cccc(CN3C(=O)CNC3=O)c2)[nH]1. The Balaban J connectivity index is 1.71. The van der Waals surface area contributed by atoms with Gasteiger partial charge in [0.2, 0.25) is 5.91 Å². The molecule has 0 radical (unpaired) electrons. The summed E-state index contributed by atoms with van der Waals surface area (Å²) >= 11 is 0. The van der Waals surface area contributed by atoms with Gasteiger partial charge in [0, 0.05) is 5.69 Å². The Morgan fingerprint density at radius 2 is 2.12 bits per heavy atom. The number of aromatic nitrogens is 1. The van der Waals surface area contributed by atoms with Gasteiger partial charge < -0.3 is 15.6 Å².